The van der Waals surface area contributed by atoms with Crippen molar-refractivity contribution >= 4 is 5.91 Å². The highest BCUT2D eigenvalue weighted by Gasteiger charge is 2.34. The molecule has 78 valence electrons. The van der Waals surface area contributed by atoms with Crippen molar-refractivity contribution in [2.45, 2.75) is 6.18 Å². The smallest absolute Gasteiger partial charge is 0.268 e. The topological polar surface area (TPSA) is 52.9 Å². The maximum Gasteiger partial charge on any atom is 0.417 e. The Hall–Kier alpha value is -2.03. The standard InChI is InChI=1S/C9H5F3N2O/c10-9(11,12)7-4-2-1-3-6(7)8(15)14-5-13/h1-4H,(H,14,15). The average Bonchev–Trinajstić information content (AvgIpc) is 2.17. The molecule has 0 fully saturated rings. The fraction of sp³-hybridized carbons (Fsp3) is 0.111. The number of carbonyl (C=O) groups excluding carboxylic acids is 1. The van der Waals surface area contributed by atoms with Gasteiger partial charge in [0.25, 0.3) is 5.91 Å². The summed E-state index contributed by atoms with van der Waals surface area (Å²) in [5.41, 5.74) is -1.62. The highest BCUT2D eigenvalue weighted by molar-refractivity contribution is 5.96. The van der Waals surface area contributed by atoms with Crippen LogP contribution in [0.3, 0.4) is 0 Å². The van der Waals surface area contributed by atoms with E-state index in [0.717, 1.165) is 12.1 Å². The molecule has 0 bridgehead atoms. The molecule has 0 unspecified atom stereocenters. The van der Waals surface area contributed by atoms with Crippen LogP contribution in [0.25, 0.3) is 0 Å². The molecule has 15 heavy (non-hydrogen) atoms. The first kappa shape index (κ1) is 11.0. The van der Waals surface area contributed by atoms with Crippen molar-refractivity contribution in [2.75, 3.05) is 0 Å². The van der Waals surface area contributed by atoms with Crippen molar-refractivity contribution < 1.29 is 18.0 Å². The molecule has 6 heteroatoms. The van der Waals surface area contributed by atoms with E-state index in [0.29, 0.717) is 0 Å². The zero-order valence-corrected chi connectivity index (χ0v) is 7.30. The summed E-state index contributed by atoms with van der Waals surface area (Å²) in [6.07, 6.45) is -3.33. The van der Waals surface area contributed by atoms with E-state index in [1.54, 1.807) is 5.32 Å². The van der Waals surface area contributed by atoms with E-state index in [9.17, 15) is 18.0 Å². The normalized spacial score (nSPS) is 10.5. The van der Waals surface area contributed by atoms with E-state index in [1.807, 2.05) is 0 Å². The molecule has 3 nitrogen and oxygen atoms in total. The van der Waals surface area contributed by atoms with Crippen LogP contribution >= 0.6 is 0 Å². The second-order valence-electron chi connectivity index (χ2n) is 2.61. The number of hydrogen-bond acceptors (Lipinski definition) is 2. The number of hydrogen-bond donors (Lipinski definition) is 1. The quantitative estimate of drug-likeness (QED) is 0.573. The van der Waals surface area contributed by atoms with Gasteiger partial charge in [-0.05, 0) is 12.1 Å². The van der Waals surface area contributed by atoms with Gasteiger partial charge in [0.15, 0.2) is 6.19 Å². The van der Waals surface area contributed by atoms with Gasteiger partial charge in [-0.1, -0.05) is 12.1 Å². The molecule has 1 rings (SSSR count). The van der Waals surface area contributed by atoms with E-state index in [4.69, 9.17) is 5.26 Å². The second-order valence-corrected chi connectivity index (χ2v) is 2.61. The molecular weight excluding hydrogens is 209 g/mol. The zero-order chi connectivity index (χ0) is 11.5. The molecule has 1 amide bonds. The van der Waals surface area contributed by atoms with Gasteiger partial charge < -0.3 is 0 Å². The lowest BCUT2D eigenvalue weighted by molar-refractivity contribution is -0.137. The van der Waals surface area contributed by atoms with Gasteiger partial charge >= 0.3 is 6.18 Å². The number of rotatable bonds is 1. The van der Waals surface area contributed by atoms with Gasteiger partial charge in [0.1, 0.15) is 0 Å². The van der Waals surface area contributed by atoms with Crippen molar-refractivity contribution in [3.8, 4) is 6.19 Å². The minimum Gasteiger partial charge on any atom is -0.268 e. The summed E-state index contributed by atoms with van der Waals surface area (Å²) < 4.78 is 37.2. The molecule has 1 aromatic rings. The van der Waals surface area contributed by atoms with Gasteiger partial charge in [-0.25, -0.2) is 0 Å². The van der Waals surface area contributed by atoms with Crippen LogP contribution in [0.4, 0.5) is 13.2 Å². The Labute approximate surface area is 83.1 Å². The molecule has 0 saturated heterocycles. The van der Waals surface area contributed by atoms with Crippen LogP contribution in [0, 0.1) is 11.5 Å². The van der Waals surface area contributed by atoms with Gasteiger partial charge in [-0.3, -0.25) is 10.1 Å². The molecular formula is C9H5F3N2O. The minimum absolute atomic E-state index is 0.563. The SMILES string of the molecule is N#CNC(=O)c1ccccc1C(F)(F)F. The Morgan fingerprint density at radius 2 is 1.93 bits per heavy atom. The molecule has 0 aliphatic heterocycles. The second kappa shape index (κ2) is 4.00. The number of alkyl halides is 3. The Kier molecular flexibility index (Phi) is 2.95. The van der Waals surface area contributed by atoms with Gasteiger partial charge in [-0.15, -0.1) is 0 Å². The zero-order valence-electron chi connectivity index (χ0n) is 7.30. The van der Waals surface area contributed by atoms with Crippen molar-refractivity contribution in [1.82, 2.24) is 5.32 Å². The monoisotopic (exact) mass is 214 g/mol. The first-order valence-electron chi connectivity index (χ1n) is 3.82. The highest BCUT2D eigenvalue weighted by atomic mass is 19.4. The lowest BCUT2D eigenvalue weighted by atomic mass is 10.1. The number of nitrogens with zero attached hydrogens (tertiary/aromatic N) is 1. The molecule has 0 saturated carbocycles. The Morgan fingerprint density at radius 1 is 1.33 bits per heavy atom. The van der Waals surface area contributed by atoms with Gasteiger partial charge in [0.05, 0.1) is 11.1 Å². The average molecular weight is 214 g/mol. The summed E-state index contributed by atoms with van der Waals surface area (Å²) in [5.74, 6) is -1.06. The number of nitrogens with one attached hydrogen (secondary N) is 1. The van der Waals surface area contributed by atoms with Crippen LogP contribution in [0.5, 0.6) is 0 Å². The Bertz CT molecular complexity index is 420. The van der Waals surface area contributed by atoms with Crippen LogP contribution in [0.15, 0.2) is 24.3 Å². The van der Waals surface area contributed by atoms with Crippen LogP contribution in [-0.4, -0.2) is 5.91 Å². The number of carbonyl (C=O) groups is 1. The molecule has 1 aromatic carbocycles. The van der Waals surface area contributed by atoms with E-state index in [1.165, 1.54) is 18.3 Å². The van der Waals surface area contributed by atoms with Gasteiger partial charge in [0.2, 0.25) is 0 Å². The predicted octanol–water partition coefficient (Wildman–Crippen LogP) is 1.92. The number of amides is 1. The molecule has 0 atom stereocenters. The Morgan fingerprint density at radius 3 is 2.47 bits per heavy atom. The Balaban J connectivity index is 3.20. The van der Waals surface area contributed by atoms with Crippen LogP contribution in [0.2, 0.25) is 0 Å². The summed E-state index contributed by atoms with van der Waals surface area (Å²) in [5, 5.41) is 9.77. The maximum absolute atomic E-state index is 12.4. The number of halogens is 3. The van der Waals surface area contributed by atoms with Crippen molar-refractivity contribution in [1.29, 1.82) is 5.26 Å². The molecule has 0 aliphatic rings. The lowest BCUT2D eigenvalue weighted by Crippen LogP contribution is -2.22. The van der Waals surface area contributed by atoms with Gasteiger partial charge in [-0.2, -0.15) is 18.4 Å². The third-order valence-electron chi connectivity index (χ3n) is 1.65. The third kappa shape index (κ3) is 2.47. The van der Waals surface area contributed by atoms with Crippen molar-refractivity contribution in [3.05, 3.63) is 35.4 Å². The molecule has 0 aromatic heterocycles. The van der Waals surface area contributed by atoms with Crippen LogP contribution < -0.4 is 5.32 Å². The largest absolute Gasteiger partial charge is 0.417 e. The summed E-state index contributed by atoms with van der Waals surface area (Å²) in [6.45, 7) is 0. The molecule has 0 radical (unpaired) electrons. The fourth-order valence-electron chi connectivity index (χ4n) is 1.05. The van der Waals surface area contributed by atoms with E-state index in [-0.39, 0.29) is 0 Å². The minimum atomic E-state index is -4.61. The first-order chi connectivity index (χ1) is 6.96. The lowest BCUT2D eigenvalue weighted by Gasteiger charge is -2.10. The maximum atomic E-state index is 12.4. The molecule has 0 aliphatic carbocycles. The summed E-state index contributed by atoms with van der Waals surface area (Å²) in [4.78, 5) is 11.1. The van der Waals surface area contributed by atoms with Crippen molar-refractivity contribution in [2.24, 2.45) is 0 Å². The fourth-order valence-corrected chi connectivity index (χ4v) is 1.05. The van der Waals surface area contributed by atoms with Crippen LogP contribution in [0.1, 0.15) is 15.9 Å². The van der Waals surface area contributed by atoms with E-state index < -0.39 is 23.2 Å². The summed E-state index contributed by atoms with van der Waals surface area (Å²) in [7, 11) is 0. The summed E-state index contributed by atoms with van der Waals surface area (Å²) in [6, 6.07) is 4.26. The predicted molar refractivity (Wildman–Crippen MR) is 44.5 cm³/mol. The first-order valence-corrected chi connectivity index (χ1v) is 3.82. The van der Waals surface area contributed by atoms with E-state index in [2.05, 4.69) is 0 Å². The molecule has 0 heterocycles. The number of benzene rings is 1. The highest BCUT2D eigenvalue weighted by Crippen LogP contribution is 2.31. The summed E-state index contributed by atoms with van der Waals surface area (Å²) >= 11 is 0. The molecule has 0 spiro atoms. The van der Waals surface area contributed by atoms with Gasteiger partial charge in [0, 0.05) is 0 Å². The van der Waals surface area contributed by atoms with E-state index >= 15 is 0 Å². The molecule has 1 N–H and O–H groups in total. The van der Waals surface area contributed by atoms with Crippen LogP contribution in [-0.2, 0) is 6.18 Å². The third-order valence-corrected chi connectivity index (χ3v) is 1.65. The van der Waals surface area contributed by atoms with Crippen molar-refractivity contribution in [3.63, 3.8) is 0 Å². The number of nitriles is 1.